The number of methoxy groups -OCH3 is 2. The fraction of sp³-hybridized carbons (Fsp3) is 0.588. The van der Waals surface area contributed by atoms with E-state index in [1.807, 2.05) is 30.0 Å². The first-order valence-electron chi connectivity index (χ1n) is 7.74. The van der Waals surface area contributed by atoms with Gasteiger partial charge in [-0.25, -0.2) is 4.99 Å². The molecule has 0 aliphatic heterocycles. The quantitative estimate of drug-likeness (QED) is 0.563. The maximum Gasteiger partial charge on any atom is 0.191 e. The fourth-order valence-corrected chi connectivity index (χ4v) is 2.08. The largest absolute Gasteiger partial charge is 0.493 e. The van der Waals surface area contributed by atoms with Crippen molar-refractivity contribution in [1.82, 2.24) is 10.6 Å². The van der Waals surface area contributed by atoms with Crippen molar-refractivity contribution in [3.8, 4) is 11.5 Å². The van der Waals surface area contributed by atoms with Crippen LogP contribution in [0.25, 0.3) is 0 Å². The molecule has 0 amide bonds. The van der Waals surface area contributed by atoms with Gasteiger partial charge in [0, 0.05) is 17.8 Å². The van der Waals surface area contributed by atoms with E-state index in [0.717, 1.165) is 36.1 Å². The van der Waals surface area contributed by atoms with Crippen LogP contribution in [0.4, 0.5) is 0 Å². The van der Waals surface area contributed by atoms with Crippen LogP contribution in [-0.2, 0) is 6.54 Å². The van der Waals surface area contributed by atoms with Crippen LogP contribution in [0.5, 0.6) is 11.5 Å². The summed E-state index contributed by atoms with van der Waals surface area (Å²) in [5, 5.41) is 6.67. The van der Waals surface area contributed by atoms with Crippen LogP contribution in [0.2, 0.25) is 0 Å². The van der Waals surface area contributed by atoms with Gasteiger partial charge in [0.25, 0.3) is 0 Å². The molecular formula is C17H29N3O2S. The minimum Gasteiger partial charge on any atom is -0.493 e. The van der Waals surface area contributed by atoms with E-state index < -0.39 is 0 Å². The van der Waals surface area contributed by atoms with Gasteiger partial charge in [0.05, 0.1) is 20.8 Å². The highest BCUT2D eigenvalue weighted by Crippen LogP contribution is 2.27. The molecule has 23 heavy (non-hydrogen) atoms. The third kappa shape index (κ3) is 6.60. The van der Waals surface area contributed by atoms with Gasteiger partial charge in [0.2, 0.25) is 0 Å². The highest BCUT2D eigenvalue weighted by Gasteiger charge is 2.16. The second-order valence-electron chi connectivity index (χ2n) is 5.70. The molecule has 0 aromatic heterocycles. The highest BCUT2D eigenvalue weighted by molar-refractivity contribution is 7.99. The van der Waals surface area contributed by atoms with Crippen LogP contribution in [0.3, 0.4) is 0 Å². The zero-order chi connectivity index (χ0) is 17.3. The Morgan fingerprint density at radius 1 is 1.17 bits per heavy atom. The van der Waals surface area contributed by atoms with Gasteiger partial charge >= 0.3 is 0 Å². The lowest BCUT2D eigenvalue weighted by Gasteiger charge is -2.23. The molecule has 0 radical (unpaired) electrons. The Kier molecular flexibility index (Phi) is 8.09. The van der Waals surface area contributed by atoms with E-state index in [1.54, 1.807) is 14.2 Å². The lowest BCUT2D eigenvalue weighted by atomic mass is 10.2. The van der Waals surface area contributed by atoms with Crippen LogP contribution in [0.1, 0.15) is 26.3 Å². The van der Waals surface area contributed by atoms with Crippen LogP contribution in [-0.4, -0.2) is 44.3 Å². The number of aliphatic imine (C=N–C) groups is 1. The minimum absolute atomic E-state index is 0.166. The molecule has 0 fully saturated rings. The molecule has 2 N–H and O–H groups in total. The average Bonchev–Trinajstić information content (AvgIpc) is 2.57. The van der Waals surface area contributed by atoms with E-state index in [0.29, 0.717) is 6.54 Å². The first-order chi connectivity index (χ1) is 11.0. The maximum atomic E-state index is 5.33. The molecule has 0 bridgehead atoms. The normalized spacial score (nSPS) is 12.0. The molecule has 0 saturated carbocycles. The van der Waals surface area contributed by atoms with E-state index in [2.05, 4.69) is 42.7 Å². The molecule has 5 nitrogen and oxygen atoms in total. The summed E-state index contributed by atoms with van der Waals surface area (Å²) in [6, 6.07) is 5.86. The Morgan fingerprint density at radius 3 is 2.43 bits per heavy atom. The van der Waals surface area contributed by atoms with Gasteiger partial charge in [-0.2, -0.15) is 11.8 Å². The molecule has 0 spiro atoms. The summed E-state index contributed by atoms with van der Waals surface area (Å²) in [6.07, 6.45) is 2.12. The number of nitrogens with one attached hydrogen (secondary N) is 2. The average molecular weight is 340 g/mol. The van der Waals surface area contributed by atoms with Gasteiger partial charge in [-0.3, -0.25) is 0 Å². The SMILES string of the molecule is CCNC(=NCc1ccc(OC)c(OC)c1)NCC(C)(C)SC. The van der Waals surface area contributed by atoms with Crippen LogP contribution >= 0.6 is 11.8 Å². The monoisotopic (exact) mass is 339 g/mol. The standard InChI is InChI=1S/C17H29N3O2S/c1-7-18-16(20-12-17(2,3)23-6)19-11-13-8-9-14(21-4)15(10-13)22-5/h8-10H,7,11-12H2,1-6H3,(H2,18,19,20). The molecule has 130 valence electrons. The molecule has 6 heteroatoms. The van der Waals surface area contributed by atoms with E-state index in [1.165, 1.54) is 0 Å². The van der Waals surface area contributed by atoms with Crippen molar-refractivity contribution in [3.63, 3.8) is 0 Å². The molecule has 0 unspecified atom stereocenters. The molecule has 1 aromatic carbocycles. The van der Waals surface area contributed by atoms with E-state index >= 15 is 0 Å². The van der Waals surface area contributed by atoms with E-state index in [4.69, 9.17) is 9.47 Å². The van der Waals surface area contributed by atoms with Gasteiger partial charge < -0.3 is 20.1 Å². The number of hydrogen-bond donors (Lipinski definition) is 2. The Bertz CT molecular complexity index is 519. The Labute approximate surface area is 144 Å². The summed E-state index contributed by atoms with van der Waals surface area (Å²) in [7, 11) is 3.28. The molecular weight excluding hydrogens is 310 g/mol. The van der Waals surface area contributed by atoms with Crippen molar-refractivity contribution >= 4 is 17.7 Å². The minimum atomic E-state index is 0.166. The zero-order valence-corrected chi connectivity index (χ0v) is 15.8. The summed E-state index contributed by atoms with van der Waals surface area (Å²) < 4.78 is 10.8. The predicted molar refractivity (Wildman–Crippen MR) is 100.0 cm³/mol. The van der Waals surface area contributed by atoms with Gasteiger partial charge in [-0.05, 0) is 44.7 Å². The highest BCUT2D eigenvalue weighted by atomic mass is 32.2. The fourth-order valence-electron chi connectivity index (χ4n) is 1.86. The summed E-state index contributed by atoms with van der Waals surface area (Å²) in [4.78, 5) is 4.64. The zero-order valence-electron chi connectivity index (χ0n) is 15.0. The summed E-state index contributed by atoms with van der Waals surface area (Å²) in [5.41, 5.74) is 1.07. The van der Waals surface area contributed by atoms with Crippen molar-refractivity contribution in [2.75, 3.05) is 33.6 Å². The van der Waals surface area contributed by atoms with Crippen molar-refractivity contribution < 1.29 is 9.47 Å². The number of guanidine groups is 1. The third-order valence-electron chi connectivity index (χ3n) is 3.45. The van der Waals surface area contributed by atoms with Crippen molar-refractivity contribution in [2.45, 2.75) is 32.1 Å². The number of ether oxygens (including phenoxy) is 2. The summed E-state index contributed by atoms with van der Waals surface area (Å²) >= 11 is 1.83. The summed E-state index contributed by atoms with van der Waals surface area (Å²) in [5.74, 6) is 2.28. The summed E-state index contributed by atoms with van der Waals surface area (Å²) in [6.45, 7) is 8.75. The first kappa shape index (κ1) is 19.5. The number of hydrogen-bond acceptors (Lipinski definition) is 4. The lowest BCUT2D eigenvalue weighted by Crippen LogP contribution is -2.43. The molecule has 0 saturated heterocycles. The van der Waals surface area contributed by atoms with Crippen molar-refractivity contribution in [1.29, 1.82) is 0 Å². The van der Waals surface area contributed by atoms with Gasteiger partial charge in [0.1, 0.15) is 0 Å². The van der Waals surface area contributed by atoms with Crippen LogP contribution in [0.15, 0.2) is 23.2 Å². The molecule has 1 rings (SSSR count). The molecule has 0 heterocycles. The number of rotatable bonds is 8. The lowest BCUT2D eigenvalue weighted by molar-refractivity contribution is 0.354. The number of thioether (sulfide) groups is 1. The van der Waals surface area contributed by atoms with E-state index in [9.17, 15) is 0 Å². The predicted octanol–water partition coefficient (Wildman–Crippen LogP) is 2.90. The second-order valence-corrected chi connectivity index (χ2v) is 7.22. The number of nitrogens with zero attached hydrogens (tertiary/aromatic N) is 1. The van der Waals surface area contributed by atoms with Crippen LogP contribution in [0, 0.1) is 0 Å². The number of benzene rings is 1. The third-order valence-corrected chi connectivity index (χ3v) is 4.70. The topological polar surface area (TPSA) is 54.9 Å². The maximum absolute atomic E-state index is 5.33. The second kappa shape index (κ2) is 9.55. The Hall–Kier alpha value is -1.56. The van der Waals surface area contributed by atoms with Crippen molar-refractivity contribution in [2.24, 2.45) is 4.99 Å². The van der Waals surface area contributed by atoms with Gasteiger partial charge in [0.15, 0.2) is 17.5 Å². The molecule has 0 atom stereocenters. The van der Waals surface area contributed by atoms with Crippen molar-refractivity contribution in [3.05, 3.63) is 23.8 Å². The molecule has 0 aliphatic carbocycles. The first-order valence-corrected chi connectivity index (χ1v) is 8.96. The van der Waals surface area contributed by atoms with Gasteiger partial charge in [-0.15, -0.1) is 0 Å². The molecule has 1 aromatic rings. The van der Waals surface area contributed by atoms with E-state index in [-0.39, 0.29) is 4.75 Å². The molecule has 0 aliphatic rings. The smallest absolute Gasteiger partial charge is 0.191 e. The van der Waals surface area contributed by atoms with Crippen LogP contribution < -0.4 is 20.1 Å². The van der Waals surface area contributed by atoms with Gasteiger partial charge in [-0.1, -0.05) is 6.07 Å². The Morgan fingerprint density at radius 2 is 1.87 bits per heavy atom. The Balaban J connectivity index is 2.77.